The Hall–Kier alpha value is -2.05. The smallest absolute Gasteiger partial charge is 0.0412 e. The Morgan fingerprint density at radius 3 is 2.31 bits per heavy atom. The minimum atomic E-state index is 0.852. The predicted molar refractivity (Wildman–Crippen MR) is 122 cm³/mol. The molecule has 1 heteroatoms. The molecule has 3 aliphatic rings. The third-order valence-electron chi connectivity index (χ3n) is 7.81. The van der Waals surface area contributed by atoms with Gasteiger partial charge in [0.05, 0.1) is 0 Å². The van der Waals surface area contributed by atoms with Gasteiger partial charge in [-0.05, 0) is 108 Å². The van der Waals surface area contributed by atoms with E-state index in [0.29, 0.717) is 0 Å². The fourth-order valence-electron chi connectivity index (χ4n) is 6.64. The minimum Gasteiger partial charge on any atom is -0.0843 e. The lowest BCUT2D eigenvalue weighted by atomic mass is 9.74. The molecule has 6 rings (SSSR count). The Morgan fingerprint density at radius 1 is 0.586 bits per heavy atom. The maximum absolute atomic E-state index is 6.48. The number of hydrogen-bond acceptors (Lipinski definition) is 0. The molecule has 0 heterocycles. The summed E-state index contributed by atoms with van der Waals surface area (Å²) in [4.78, 5) is 0. The lowest BCUT2D eigenvalue weighted by Crippen LogP contribution is -2.21. The van der Waals surface area contributed by atoms with E-state index in [0.717, 1.165) is 28.7 Å². The maximum atomic E-state index is 6.48. The Morgan fingerprint density at radius 2 is 1.41 bits per heavy atom. The summed E-state index contributed by atoms with van der Waals surface area (Å²) >= 11 is 6.48. The van der Waals surface area contributed by atoms with Crippen molar-refractivity contribution in [1.29, 1.82) is 0 Å². The van der Waals surface area contributed by atoms with Gasteiger partial charge in [-0.15, -0.1) is 0 Å². The van der Waals surface area contributed by atoms with E-state index in [-0.39, 0.29) is 0 Å². The Bertz CT molecular complexity index is 1050. The zero-order valence-electron chi connectivity index (χ0n) is 16.8. The molecule has 0 radical (unpaired) electrons. The van der Waals surface area contributed by atoms with E-state index in [4.69, 9.17) is 11.6 Å². The third kappa shape index (κ3) is 3.22. The van der Waals surface area contributed by atoms with Gasteiger partial charge in [-0.2, -0.15) is 0 Å². The highest BCUT2D eigenvalue weighted by Crippen LogP contribution is 2.52. The van der Waals surface area contributed by atoms with Crippen LogP contribution in [0.25, 0.3) is 22.3 Å². The van der Waals surface area contributed by atoms with E-state index in [1.165, 1.54) is 71.9 Å². The van der Waals surface area contributed by atoms with Crippen LogP contribution >= 0.6 is 11.6 Å². The first-order valence-corrected chi connectivity index (χ1v) is 11.6. The molecule has 2 fully saturated rings. The molecule has 4 unspecified atom stereocenters. The number of rotatable bonds is 1. The van der Waals surface area contributed by atoms with Gasteiger partial charge in [-0.1, -0.05) is 66.2 Å². The van der Waals surface area contributed by atoms with E-state index in [1.807, 2.05) is 0 Å². The van der Waals surface area contributed by atoms with Crippen LogP contribution in [0.1, 0.15) is 36.8 Å². The topological polar surface area (TPSA) is 0 Å². The zero-order chi connectivity index (χ0) is 19.4. The molecular formula is C28H27Cl. The van der Waals surface area contributed by atoms with Crippen molar-refractivity contribution in [2.24, 2.45) is 23.7 Å². The summed E-state index contributed by atoms with van der Waals surface area (Å²) in [5.41, 5.74) is 8.44. The molecule has 0 spiro atoms. The number of halogens is 1. The van der Waals surface area contributed by atoms with E-state index >= 15 is 0 Å². The molecule has 0 N–H and O–H groups in total. The summed E-state index contributed by atoms with van der Waals surface area (Å²) < 4.78 is 0. The fraction of sp³-hybridized carbons (Fsp3) is 0.357. The highest BCUT2D eigenvalue weighted by molar-refractivity contribution is 6.30. The third-order valence-corrected chi connectivity index (χ3v) is 8.04. The van der Waals surface area contributed by atoms with Gasteiger partial charge in [0.15, 0.2) is 0 Å². The molecule has 0 aromatic heterocycles. The lowest BCUT2D eigenvalue weighted by molar-refractivity contribution is 0.241. The first kappa shape index (κ1) is 17.8. The summed E-state index contributed by atoms with van der Waals surface area (Å²) in [6, 6.07) is 24.5. The summed E-state index contributed by atoms with van der Waals surface area (Å²) in [7, 11) is 0. The van der Waals surface area contributed by atoms with Crippen molar-refractivity contribution in [2.45, 2.75) is 38.5 Å². The van der Waals surface area contributed by atoms with E-state index in [2.05, 4.69) is 66.7 Å². The number of benzene rings is 3. The first-order valence-electron chi connectivity index (χ1n) is 11.2. The van der Waals surface area contributed by atoms with Crippen molar-refractivity contribution >= 4 is 11.6 Å². The molecule has 0 aliphatic heterocycles. The quantitative estimate of drug-likeness (QED) is 0.391. The number of fused-ring (bicyclic) bond motifs is 5. The Kier molecular flexibility index (Phi) is 4.31. The van der Waals surface area contributed by atoms with Crippen LogP contribution in [0.3, 0.4) is 0 Å². The van der Waals surface area contributed by atoms with Crippen LogP contribution in [-0.4, -0.2) is 0 Å². The summed E-state index contributed by atoms with van der Waals surface area (Å²) in [6.07, 6.45) is 8.20. The second kappa shape index (κ2) is 7.03. The van der Waals surface area contributed by atoms with Gasteiger partial charge < -0.3 is 0 Å². The van der Waals surface area contributed by atoms with Crippen molar-refractivity contribution < 1.29 is 0 Å². The van der Waals surface area contributed by atoms with Crippen LogP contribution in [0.15, 0.2) is 66.7 Å². The van der Waals surface area contributed by atoms with Gasteiger partial charge in [0.2, 0.25) is 0 Å². The van der Waals surface area contributed by atoms with Crippen LogP contribution < -0.4 is 0 Å². The highest BCUT2D eigenvalue weighted by atomic mass is 35.5. The average molecular weight is 399 g/mol. The summed E-state index contributed by atoms with van der Waals surface area (Å²) in [6.45, 7) is 0. The van der Waals surface area contributed by atoms with E-state index in [1.54, 1.807) is 0 Å². The second-order valence-corrected chi connectivity index (χ2v) is 10.1. The largest absolute Gasteiger partial charge is 0.0843 e. The molecule has 29 heavy (non-hydrogen) atoms. The average Bonchev–Trinajstić information content (AvgIpc) is 3.02. The molecule has 3 aromatic rings. The molecule has 146 valence electrons. The highest BCUT2D eigenvalue weighted by Gasteiger charge is 2.41. The second-order valence-electron chi connectivity index (χ2n) is 9.64. The van der Waals surface area contributed by atoms with Gasteiger partial charge in [0.1, 0.15) is 0 Å². The minimum absolute atomic E-state index is 0.852. The Balaban J connectivity index is 1.53. The van der Waals surface area contributed by atoms with Gasteiger partial charge in [-0.25, -0.2) is 0 Å². The first-order chi connectivity index (χ1) is 14.2. The van der Waals surface area contributed by atoms with Crippen molar-refractivity contribution in [3.63, 3.8) is 0 Å². The monoisotopic (exact) mass is 398 g/mol. The van der Waals surface area contributed by atoms with Crippen molar-refractivity contribution in [1.82, 2.24) is 0 Å². The number of hydrogen-bond donors (Lipinski definition) is 0. The van der Waals surface area contributed by atoms with Crippen LogP contribution in [0.5, 0.6) is 0 Å². The van der Waals surface area contributed by atoms with E-state index < -0.39 is 0 Å². The van der Waals surface area contributed by atoms with Gasteiger partial charge in [-0.3, -0.25) is 0 Å². The lowest BCUT2D eigenvalue weighted by Gasteiger charge is -2.31. The van der Waals surface area contributed by atoms with Gasteiger partial charge in [0.25, 0.3) is 0 Å². The SMILES string of the molecule is Clc1ccc2c(c1)-c1ccc(-c3ccccc3)cc1CC1CC3CC(C2)CC1C3. The molecule has 3 bridgehead atoms. The summed E-state index contributed by atoms with van der Waals surface area (Å²) in [5, 5.41) is 0.852. The molecular weight excluding hydrogens is 372 g/mol. The van der Waals surface area contributed by atoms with Crippen LogP contribution in [-0.2, 0) is 12.8 Å². The fourth-order valence-corrected chi connectivity index (χ4v) is 6.81. The molecule has 0 nitrogen and oxygen atoms in total. The molecule has 2 saturated carbocycles. The van der Waals surface area contributed by atoms with Crippen molar-refractivity contribution in [3.8, 4) is 22.3 Å². The molecule has 4 atom stereocenters. The Labute approximate surface area is 178 Å². The zero-order valence-corrected chi connectivity index (χ0v) is 17.5. The molecule has 0 saturated heterocycles. The normalized spacial score (nSPS) is 27.3. The molecule has 3 aliphatic carbocycles. The van der Waals surface area contributed by atoms with Gasteiger partial charge >= 0.3 is 0 Å². The predicted octanol–water partition coefficient (Wildman–Crippen LogP) is 7.83. The molecule has 3 aromatic carbocycles. The summed E-state index contributed by atoms with van der Waals surface area (Å²) in [5.74, 6) is 3.60. The standard InChI is InChI=1S/C28H27Cl/c29-26-8-6-22-11-18-10-19-13-23(12-18)24(14-19)16-25-15-21(20-4-2-1-3-5-20)7-9-27(25)28(22)17-26/h1-9,15,17-19,23-24H,10-14,16H2. The van der Waals surface area contributed by atoms with Gasteiger partial charge in [0, 0.05) is 5.02 Å². The van der Waals surface area contributed by atoms with Crippen molar-refractivity contribution in [2.75, 3.05) is 0 Å². The van der Waals surface area contributed by atoms with Crippen molar-refractivity contribution in [3.05, 3.63) is 82.9 Å². The maximum Gasteiger partial charge on any atom is 0.0412 e. The molecule has 0 amide bonds. The van der Waals surface area contributed by atoms with Crippen LogP contribution in [0.4, 0.5) is 0 Å². The van der Waals surface area contributed by atoms with E-state index in [9.17, 15) is 0 Å². The van der Waals surface area contributed by atoms with Crippen LogP contribution in [0.2, 0.25) is 5.02 Å². The van der Waals surface area contributed by atoms with Crippen LogP contribution in [0, 0.1) is 23.7 Å².